The number of halogens is 2. The van der Waals surface area contributed by atoms with E-state index in [9.17, 15) is 9.90 Å². The number of fused-ring (bicyclic) bond motifs is 1. The monoisotopic (exact) mass is 469 g/mol. The molecule has 1 fully saturated rings. The highest BCUT2D eigenvalue weighted by molar-refractivity contribution is 7.20. The smallest absolute Gasteiger partial charge is 0.197 e. The molecule has 0 amide bonds. The Morgan fingerprint density at radius 1 is 1.20 bits per heavy atom. The Kier molecular flexibility index (Phi) is 6.01. The van der Waals surface area contributed by atoms with Crippen LogP contribution in [-0.2, 0) is 0 Å². The number of methoxy groups -OCH3 is 2. The van der Waals surface area contributed by atoms with Crippen LogP contribution in [0.2, 0.25) is 8.67 Å². The number of piperidine rings is 1. The van der Waals surface area contributed by atoms with Gasteiger partial charge in [0, 0.05) is 35.7 Å². The number of hydrogen-bond donors (Lipinski definition) is 1. The van der Waals surface area contributed by atoms with E-state index >= 15 is 0 Å². The maximum absolute atomic E-state index is 13.1. The summed E-state index contributed by atoms with van der Waals surface area (Å²) in [7, 11) is 4.99. The van der Waals surface area contributed by atoms with Crippen molar-refractivity contribution in [2.24, 2.45) is 0 Å². The third-order valence-electron chi connectivity index (χ3n) is 5.48. The Morgan fingerprint density at radius 3 is 2.53 bits per heavy atom. The molecule has 30 heavy (non-hydrogen) atoms. The second-order valence-electron chi connectivity index (χ2n) is 7.34. The number of hydrogen-bond acceptors (Lipinski definition) is 7. The molecule has 1 saturated heterocycles. The number of ether oxygens (including phenoxy) is 2. The zero-order valence-electron chi connectivity index (χ0n) is 16.7. The van der Waals surface area contributed by atoms with Gasteiger partial charge >= 0.3 is 0 Å². The van der Waals surface area contributed by atoms with Crippen molar-refractivity contribution in [2.45, 2.75) is 18.4 Å². The molecular weight excluding hydrogens is 449 g/mol. The van der Waals surface area contributed by atoms with Crippen LogP contribution in [0.1, 0.15) is 17.9 Å². The molecule has 3 heterocycles. The standard InChI is InChI=1S/C21H21Cl2NO5S/c1-24-5-4-10(13(26)9-24)18-15(27-2)8-16(28-3)19-12(25)7-14(29-20(18)19)11-6-17(22)30-21(11)23/h6-8,10,13,26H,4-5,9H2,1-3H3/t10-,13+/m0/s1. The van der Waals surface area contributed by atoms with Crippen LogP contribution in [0.15, 0.2) is 27.4 Å². The van der Waals surface area contributed by atoms with E-state index in [1.54, 1.807) is 19.2 Å². The molecule has 6 nitrogen and oxygen atoms in total. The van der Waals surface area contributed by atoms with Crippen LogP contribution in [-0.4, -0.2) is 50.5 Å². The fraction of sp³-hybridized carbons (Fsp3) is 0.381. The van der Waals surface area contributed by atoms with Gasteiger partial charge in [-0.2, -0.15) is 0 Å². The summed E-state index contributed by atoms with van der Waals surface area (Å²) in [6, 6.07) is 4.73. The average Bonchev–Trinajstić information content (AvgIpc) is 3.05. The van der Waals surface area contributed by atoms with Gasteiger partial charge in [-0.05, 0) is 26.1 Å². The molecule has 2 aromatic heterocycles. The summed E-state index contributed by atoms with van der Waals surface area (Å²) >= 11 is 13.6. The third kappa shape index (κ3) is 3.69. The van der Waals surface area contributed by atoms with Crippen molar-refractivity contribution in [3.8, 4) is 22.8 Å². The average molecular weight is 470 g/mol. The van der Waals surface area contributed by atoms with Crippen molar-refractivity contribution < 1.29 is 19.0 Å². The van der Waals surface area contributed by atoms with Crippen molar-refractivity contribution in [3.05, 3.63) is 42.7 Å². The van der Waals surface area contributed by atoms with Gasteiger partial charge in [-0.15, -0.1) is 11.3 Å². The molecule has 1 aliphatic rings. The molecule has 1 N–H and O–H groups in total. The molecule has 0 aliphatic carbocycles. The van der Waals surface area contributed by atoms with Gasteiger partial charge in [-0.1, -0.05) is 23.2 Å². The van der Waals surface area contributed by atoms with E-state index in [4.69, 9.17) is 37.1 Å². The second-order valence-corrected chi connectivity index (χ2v) is 9.62. The quantitative estimate of drug-likeness (QED) is 0.600. The molecular formula is C21H21Cl2NO5S. The molecule has 1 aliphatic heterocycles. The number of aliphatic hydroxyl groups excluding tert-OH is 1. The van der Waals surface area contributed by atoms with Gasteiger partial charge in [0.25, 0.3) is 0 Å². The predicted octanol–water partition coefficient (Wildman–Crippen LogP) is 4.63. The third-order valence-corrected chi connectivity index (χ3v) is 6.97. The first-order valence-electron chi connectivity index (χ1n) is 9.38. The number of aliphatic hydroxyl groups is 1. The van der Waals surface area contributed by atoms with E-state index in [0.29, 0.717) is 61.0 Å². The van der Waals surface area contributed by atoms with Gasteiger partial charge in [0.15, 0.2) is 5.43 Å². The fourth-order valence-corrected chi connectivity index (χ4v) is 5.52. The molecule has 3 aromatic rings. The molecule has 4 rings (SSSR count). The molecule has 0 bridgehead atoms. The van der Waals surface area contributed by atoms with E-state index in [2.05, 4.69) is 4.90 Å². The number of likely N-dealkylation sites (tertiary alicyclic amines) is 1. The number of likely N-dealkylation sites (N-methyl/N-ethyl adjacent to an activating group) is 1. The molecule has 0 spiro atoms. The van der Waals surface area contributed by atoms with E-state index in [1.165, 1.54) is 24.5 Å². The lowest BCUT2D eigenvalue weighted by Crippen LogP contribution is -2.40. The SMILES string of the molecule is COc1cc(OC)c2c(=O)cc(-c3cc(Cl)sc3Cl)oc2c1[C@H]1CCN(C)C[C@H]1O. The number of β-amino-alcohol motifs (C(OH)–C–C–N with tert-alkyl or cyclic N) is 1. The Hall–Kier alpha value is -1.77. The van der Waals surface area contributed by atoms with E-state index in [1.807, 2.05) is 7.05 Å². The zero-order valence-corrected chi connectivity index (χ0v) is 19.0. The minimum absolute atomic E-state index is 0.260. The Balaban J connectivity index is 2.04. The first kappa shape index (κ1) is 21.5. The summed E-state index contributed by atoms with van der Waals surface area (Å²) in [5.74, 6) is 0.898. The highest BCUT2D eigenvalue weighted by atomic mass is 35.5. The molecule has 0 saturated carbocycles. The Morgan fingerprint density at radius 2 is 1.93 bits per heavy atom. The van der Waals surface area contributed by atoms with Crippen LogP contribution < -0.4 is 14.9 Å². The molecule has 2 atom stereocenters. The molecule has 0 unspecified atom stereocenters. The molecule has 160 valence electrons. The first-order chi connectivity index (χ1) is 14.3. The van der Waals surface area contributed by atoms with Crippen molar-refractivity contribution in [3.63, 3.8) is 0 Å². The van der Waals surface area contributed by atoms with Gasteiger partial charge in [0.05, 0.1) is 24.7 Å². The predicted molar refractivity (Wildman–Crippen MR) is 120 cm³/mol. The van der Waals surface area contributed by atoms with Gasteiger partial charge in [-0.25, -0.2) is 0 Å². The van der Waals surface area contributed by atoms with Crippen molar-refractivity contribution in [1.82, 2.24) is 4.90 Å². The Labute approximate surface area is 187 Å². The van der Waals surface area contributed by atoms with Crippen LogP contribution in [0.5, 0.6) is 11.5 Å². The normalized spacial score (nSPS) is 19.9. The lowest BCUT2D eigenvalue weighted by molar-refractivity contribution is 0.0630. The van der Waals surface area contributed by atoms with Crippen LogP contribution in [0.25, 0.3) is 22.3 Å². The van der Waals surface area contributed by atoms with E-state index in [0.717, 1.165) is 6.54 Å². The van der Waals surface area contributed by atoms with Crippen molar-refractivity contribution >= 4 is 45.5 Å². The highest BCUT2D eigenvalue weighted by Crippen LogP contribution is 2.44. The van der Waals surface area contributed by atoms with Gasteiger partial charge in [0.1, 0.15) is 32.6 Å². The first-order valence-corrected chi connectivity index (χ1v) is 11.0. The van der Waals surface area contributed by atoms with Crippen LogP contribution in [0.3, 0.4) is 0 Å². The molecule has 1 aromatic carbocycles. The minimum atomic E-state index is -0.637. The van der Waals surface area contributed by atoms with Gasteiger partial charge in [-0.3, -0.25) is 4.79 Å². The van der Waals surface area contributed by atoms with E-state index < -0.39 is 6.10 Å². The maximum atomic E-state index is 13.1. The zero-order chi connectivity index (χ0) is 21.6. The maximum Gasteiger partial charge on any atom is 0.197 e. The topological polar surface area (TPSA) is 72.1 Å². The molecule has 9 heteroatoms. The number of rotatable bonds is 4. The number of nitrogens with zero attached hydrogens (tertiary/aromatic N) is 1. The second kappa shape index (κ2) is 8.40. The number of benzene rings is 1. The lowest BCUT2D eigenvalue weighted by Gasteiger charge is -2.34. The summed E-state index contributed by atoms with van der Waals surface area (Å²) in [5.41, 5.74) is 1.26. The lowest BCUT2D eigenvalue weighted by atomic mass is 9.85. The summed E-state index contributed by atoms with van der Waals surface area (Å²) in [5, 5.41) is 11.1. The summed E-state index contributed by atoms with van der Waals surface area (Å²) in [6.07, 6.45) is 0.0522. The largest absolute Gasteiger partial charge is 0.496 e. The van der Waals surface area contributed by atoms with Gasteiger partial charge < -0.3 is 23.9 Å². The van der Waals surface area contributed by atoms with Crippen LogP contribution >= 0.6 is 34.5 Å². The van der Waals surface area contributed by atoms with Crippen LogP contribution in [0.4, 0.5) is 0 Å². The highest BCUT2D eigenvalue weighted by Gasteiger charge is 2.33. The summed E-state index contributed by atoms with van der Waals surface area (Å²) in [6.45, 7) is 1.31. The number of thiophene rings is 1. The van der Waals surface area contributed by atoms with Crippen molar-refractivity contribution in [1.29, 1.82) is 0 Å². The fourth-order valence-electron chi connectivity index (χ4n) is 4.05. The van der Waals surface area contributed by atoms with Crippen molar-refractivity contribution in [2.75, 3.05) is 34.4 Å². The summed E-state index contributed by atoms with van der Waals surface area (Å²) < 4.78 is 18.2. The summed E-state index contributed by atoms with van der Waals surface area (Å²) in [4.78, 5) is 15.2. The Bertz CT molecular complexity index is 1160. The molecule has 0 radical (unpaired) electrons. The minimum Gasteiger partial charge on any atom is -0.496 e. The van der Waals surface area contributed by atoms with Gasteiger partial charge in [0.2, 0.25) is 0 Å². The van der Waals surface area contributed by atoms with E-state index in [-0.39, 0.29) is 11.3 Å². The van der Waals surface area contributed by atoms with Crippen LogP contribution in [0, 0.1) is 0 Å².